The average Bonchev–Trinajstić information content (AvgIpc) is 3.03. The molecule has 0 aliphatic rings. The Labute approximate surface area is 266 Å². The van der Waals surface area contributed by atoms with Crippen LogP contribution in [0.5, 0.6) is 17.2 Å². The Hall–Kier alpha value is -5.75. The molecule has 0 radical (unpaired) electrons. The van der Waals surface area contributed by atoms with Crippen LogP contribution in [0.3, 0.4) is 0 Å². The topological polar surface area (TPSA) is 151 Å². The third kappa shape index (κ3) is 10.5. The van der Waals surface area contributed by atoms with Crippen molar-refractivity contribution in [3.8, 4) is 17.2 Å². The summed E-state index contributed by atoms with van der Waals surface area (Å²) in [5.74, 6) is 1.98. The lowest BCUT2D eigenvalue weighted by atomic mass is 10.1. The van der Waals surface area contributed by atoms with Crippen LogP contribution in [0.25, 0.3) is 0 Å². The van der Waals surface area contributed by atoms with Crippen molar-refractivity contribution in [2.45, 2.75) is 26.7 Å². The van der Waals surface area contributed by atoms with Gasteiger partial charge >= 0.3 is 11.9 Å². The quantitative estimate of drug-likeness (QED) is 0.0974. The van der Waals surface area contributed by atoms with E-state index in [-0.39, 0.29) is 13.6 Å². The minimum atomic E-state index is -0.521. The number of ether oxygens (including phenoxy) is 5. The molecule has 0 fully saturated rings. The minimum absolute atomic E-state index is 0.223. The van der Waals surface area contributed by atoms with Gasteiger partial charge in [0, 0.05) is 29.7 Å². The predicted octanol–water partition coefficient (Wildman–Crippen LogP) is 5.04. The van der Waals surface area contributed by atoms with Crippen LogP contribution in [0.1, 0.15) is 36.6 Å². The summed E-state index contributed by atoms with van der Waals surface area (Å²) in [6.45, 7) is 9.34. The molecule has 0 saturated carbocycles. The van der Waals surface area contributed by atoms with Gasteiger partial charge in [-0.2, -0.15) is 9.97 Å². The molecule has 0 bridgehead atoms. The first-order valence-electron chi connectivity index (χ1n) is 14.1. The Kier molecular flexibility index (Phi) is 11.8. The number of aromatic nitrogens is 3. The lowest BCUT2D eigenvalue weighted by Gasteiger charge is -2.11. The molecule has 0 unspecified atom stereocenters. The molecule has 1 aromatic heterocycles. The van der Waals surface area contributed by atoms with Crippen molar-refractivity contribution in [3.63, 3.8) is 0 Å². The number of carbonyl (C=O) groups excluding carboxylic acids is 2. The highest BCUT2D eigenvalue weighted by atomic mass is 16.7. The average molecular weight is 627 g/mol. The highest BCUT2D eigenvalue weighted by Crippen LogP contribution is 2.21. The van der Waals surface area contributed by atoms with Crippen LogP contribution < -0.4 is 19.5 Å². The van der Waals surface area contributed by atoms with Crippen molar-refractivity contribution in [2.24, 2.45) is 0 Å². The molecule has 238 valence electrons. The molecule has 46 heavy (non-hydrogen) atoms. The number of esters is 2. The normalized spacial score (nSPS) is 10.4. The van der Waals surface area contributed by atoms with Crippen LogP contribution in [0.15, 0.2) is 97.1 Å². The third-order valence-electron chi connectivity index (χ3n) is 6.17. The zero-order valence-corrected chi connectivity index (χ0v) is 25.5. The second kappa shape index (κ2) is 16.4. The summed E-state index contributed by atoms with van der Waals surface area (Å²) < 4.78 is 26.0. The maximum atomic E-state index is 11.5. The lowest BCUT2D eigenvalue weighted by molar-refractivity contribution is -0.146. The van der Waals surface area contributed by atoms with Gasteiger partial charge in [-0.05, 0) is 73.5 Å². The lowest BCUT2D eigenvalue weighted by Crippen LogP contribution is -2.11. The molecule has 0 amide bonds. The van der Waals surface area contributed by atoms with Crippen LogP contribution >= 0.6 is 0 Å². The van der Waals surface area contributed by atoms with Gasteiger partial charge in [0.15, 0.2) is 6.79 Å². The molecule has 0 atom stereocenters. The van der Waals surface area contributed by atoms with Crippen LogP contribution in [-0.2, 0) is 31.9 Å². The van der Waals surface area contributed by atoms with Gasteiger partial charge in [0.1, 0.15) is 28.9 Å². The summed E-state index contributed by atoms with van der Waals surface area (Å²) in [5, 5.41) is 12.2. The molecule has 12 nitrogen and oxygen atoms in total. The fraction of sp³-hybridized carbons (Fsp3) is 0.206. The Morgan fingerprint density at radius 3 is 1.48 bits per heavy atom. The molecular formula is C34H34N4O8. The first kappa shape index (κ1) is 33.1. The highest BCUT2D eigenvalue weighted by molar-refractivity contribution is 5.87. The second-order valence-corrected chi connectivity index (χ2v) is 10.0. The third-order valence-corrected chi connectivity index (χ3v) is 6.17. The molecule has 2 N–H and O–H groups in total. The molecular weight excluding hydrogens is 592 g/mol. The van der Waals surface area contributed by atoms with Gasteiger partial charge in [0.25, 0.3) is 0 Å². The number of hydrogen-bond acceptors (Lipinski definition) is 12. The fourth-order valence-electron chi connectivity index (χ4n) is 3.84. The van der Waals surface area contributed by atoms with Crippen molar-refractivity contribution >= 4 is 23.6 Å². The first-order valence-corrected chi connectivity index (χ1v) is 14.1. The molecule has 12 heteroatoms. The number of aliphatic hydroxyl groups is 1. The molecule has 1 heterocycles. The van der Waals surface area contributed by atoms with Gasteiger partial charge < -0.3 is 34.1 Å². The number of hydrogen-bond donors (Lipinski definition) is 2. The van der Waals surface area contributed by atoms with Gasteiger partial charge in [0.05, 0.1) is 0 Å². The zero-order valence-electron chi connectivity index (χ0n) is 25.5. The van der Waals surface area contributed by atoms with E-state index in [2.05, 4.69) is 28.4 Å². The molecule has 4 rings (SSSR count). The van der Waals surface area contributed by atoms with Gasteiger partial charge in [-0.15, -0.1) is 0 Å². The Morgan fingerprint density at radius 2 is 1.07 bits per heavy atom. The highest BCUT2D eigenvalue weighted by Gasteiger charge is 2.11. The maximum Gasteiger partial charge on any atom is 0.335 e. The van der Waals surface area contributed by atoms with Crippen LogP contribution in [0, 0.1) is 0 Å². The van der Waals surface area contributed by atoms with E-state index in [1.807, 2.05) is 24.3 Å². The van der Waals surface area contributed by atoms with Crippen molar-refractivity contribution in [1.29, 1.82) is 0 Å². The zero-order chi connectivity index (χ0) is 32.9. The van der Waals surface area contributed by atoms with Crippen LogP contribution in [-0.4, -0.2) is 52.4 Å². The number of anilines is 2. The summed E-state index contributed by atoms with van der Waals surface area (Å²) in [6, 6.07) is 21.6. The van der Waals surface area contributed by atoms with E-state index in [4.69, 9.17) is 33.8 Å². The Balaban J connectivity index is 1.47. The number of nitrogens with one attached hydrogen (secondary N) is 1. The molecule has 0 aliphatic carbocycles. The van der Waals surface area contributed by atoms with Gasteiger partial charge in [-0.1, -0.05) is 37.4 Å². The SMILES string of the molecule is C=C(C)C(=O)OCOc1ccc(Cc2nc(Cc3ccc(OCOC(=O)C(=C)C)cc3)nc(Nc3ccc(OCO)cc3)n2)cc1. The Morgan fingerprint density at radius 1 is 0.652 bits per heavy atom. The van der Waals surface area contributed by atoms with Crippen molar-refractivity contribution in [2.75, 3.05) is 25.7 Å². The minimum Gasteiger partial charge on any atom is -0.468 e. The molecule has 0 saturated heterocycles. The van der Waals surface area contributed by atoms with Crippen LogP contribution in [0.4, 0.5) is 11.6 Å². The number of carbonyl (C=O) groups is 2. The van der Waals surface area contributed by atoms with Gasteiger partial charge in [0.2, 0.25) is 19.5 Å². The smallest absolute Gasteiger partial charge is 0.335 e. The standard InChI is InChI=1S/C34H34N4O8/c1-22(2)32(40)45-20-43-28-11-5-24(6-12-28)17-30-36-31(38-34(37-30)35-26-9-15-27(16-10-26)42-19-39)18-25-7-13-29(14-8-25)44-21-46-33(41)23(3)4/h5-16,39H,1,3,17-21H2,2,4H3,(H,35,36,37,38). The largest absolute Gasteiger partial charge is 0.468 e. The van der Waals surface area contributed by atoms with Crippen molar-refractivity contribution in [1.82, 2.24) is 15.0 Å². The number of rotatable bonds is 16. The van der Waals surface area contributed by atoms with E-state index < -0.39 is 18.7 Å². The second-order valence-electron chi connectivity index (χ2n) is 10.0. The number of benzene rings is 3. The molecule has 4 aromatic rings. The van der Waals surface area contributed by atoms with Crippen LogP contribution in [0.2, 0.25) is 0 Å². The number of nitrogens with zero attached hydrogens (tertiary/aromatic N) is 3. The van der Waals surface area contributed by atoms with E-state index in [9.17, 15) is 9.59 Å². The van der Waals surface area contributed by atoms with E-state index in [0.717, 1.165) is 16.8 Å². The molecule has 0 spiro atoms. The summed E-state index contributed by atoms with van der Waals surface area (Å²) in [7, 11) is 0. The summed E-state index contributed by atoms with van der Waals surface area (Å²) in [5.41, 5.74) is 3.16. The van der Waals surface area contributed by atoms with Crippen molar-refractivity contribution in [3.05, 3.63) is 120 Å². The summed E-state index contributed by atoms with van der Waals surface area (Å²) >= 11 is 0. The number of aliphatic hydroxyl groups excluding tert-OH is 1. The van der Waals surface area contributed by atoms with E-state index >= 15 is 0 Å². The molecule has 3 aromatic carbocycles. The first-order chi connectivity index (χ1) is 22.2. The fourth-order valence-corrected chi connectivity index (χ4v) is 3.84. The summed E-state index contributed by atoms with van der Waals surface area (Å²) in [4.78, 5) is 37.1. The van der Waals surface area contributed by atoms with E-state index in [1.54, 1.807) is 62.4 Å². The monoisotopic (exact) mass is 626 g/mol. The molecule has 0 aliphatic heterocycles. The van der Waals surface area contributed by atoms with Crippen molar-refractivity contribution < 1.29 is 38.4 Å². The maximum absolute atomic E-state index is 11.5. The van der Waals surface area contributed by atoms with E-state index in [1.165, 1.54) is 0 Å². The van der Waals surface area contributed by atoms with E-state index in [0.29, 0.717) is 58.8 Å². The van der Waals surface area contributed by atoms with Gasteiger partial charge in [-0.25, -0.2) is 14.6 Å². The Bertz CT molecular complexity index is 1560. The summed E-state index contributed by atoms with van der Waals surface area (Å²) in [6.07, 6.45) is 0.822. The van der Waals surface area contributed by atoms with Gasteiger partial charge in [-0.3, -0.25) is 0 Å². The predicted molar refractivity (Wildman–Crippen MR) is 169 cm³/mol.